The third-order valence-electron chi connectivity index (χ3n) is 7.43. The molecule has 0 saturated heterocycles. The molecule has 0 saturated carbocycles. The second-order valence-electron chi connectivity index (χ2n) is 12.2. The highest BCUT2D eigenvalue weighted by molar-refractivity contribution is 5.86. The number of nitrogens with two attached hydrogens (primary N) is 2. The maximum absolute atomic E-state index is 6.67. The van der Waals surface area contributed by atoms with Crippen molar-refractivity contribution in [1.29, 1.82) is 0 Å². The second-order valence-corrected chi connectivity index (χ2v) is 12.2. The van der Waals surface area contributed by atoms with E-state index in [2.05, 4.69) is 137 Å². The van der Waals surface area contributed by atoms with Gasteiger partial charge in [-0.2, -0.15) is 0 Å². The number of hydrogen-bond acceptors (Lipinski definition) is 4. The molecular formula is C33H38N4. The predicted molar refractivity (Wildman–Crippen MR) is 159 cm³/mol. The highest BCUT2D eigenvalue weighted by Gasteiger charge is 2.44. The smallest absolute Gasteiger partial charge is 0.162 e. The Balaban J connectivity index is 1.69. The average molecular weight is 491 g/mol. The van der Waals surface area contributed by atoms with Crippen LogP contribution in [0.3, 0.4) is 0 Å². The van der Waals surface area contributed by atoms with Crippen LogP contribution in [0.25, 0.3) is 11.1 Å². The molecule has 1 aliphatic carbocycles. The van der Waals surface area contributed by atoms with Crippen molar-refractivity contribution in [1.82, 2.24) is 0 Å². The van der Waals surface area contributed by atoms with Gasteiger partial charge in [-0.3, -0.25) is 0 Å². The molecule has 0 amide bonds. The summed E-state index contributed by atoms with van der Waals surface area (Å²) < 4.78 is 0. The minimum atomic E-state index is -0.762. The molecule has 1 aliphatic rings. The van der Waals surface area contributed by atoms with Crippen molar-refractivity contribution in [3.05, 3.63) is 107 Å². The predicted octanol–water partition coefficient (Wildman–Crippen LogP) is 7.85. The molecule has 0 aliphatic heterocycles. The Morgan fingerprint density at radius 2 is 0.919 bits per heavy atom. The van der Waals surface area contributed by atoms with Crippen molar-refractivity contribution >= 4 is 22.7 Å². The standard InChI is InChI=1S/C33H38N4/c1-31(2,3)21-15-17-29(27(34)19-21)36-33(37-30-18-16-22(20-28(30)35)32(4,5)6)25-13-9-7-11-23(25)24-12-8-10-14-26(24)33/h7-20,36-37H,34-35H2,1-6H3. The molecule has 0 spiro atoms. The Morgan fingerprint density at radius 3 is 1.27 bits per heavy atom. The third-order valence-corrected chi connectivity index (χ3v) is 7.43. The molecule has 0 bridgehead atoms. The van der Waals surface area contributed by atoms with Crippen molar-refractivity contribution in [2.45, 2.75) is 58.0 Å². The Labute approximate surface area is 221 Å². The summed E-state index contributed by atoms with van der Waals surface area (Å²) in [7, 11) is 0. The van der Waals surface area contributed by atoms with Crippen LogP contribution >= 0.6 is 0 Å². The lowest BCUT2D eigenvalue weighted by Crippen LogP contribution is -2.43. The van der Waals surface area contributed by atoms with Crippen LogP contribution in [0, 0.1) is 0 Å². The molecule has 6 N–H and O–H groups in total. The number of benzene rings is 4. The van der Waals surface area contributed by atoms with Crippen molar-refractivity contribution < 1.29 is 0 Å². The highest BCUT2D eigenvalue weighted by atomic mass is 15.2. The van der Waals surface area contributed by atoms with Gasteiger partial charge in [0.05, 0.1) is 22.7 Å². The molecule has 0 radical (unpaired) electrons. The summed E-state index contributed by atoms with van der Waals surface area (Å²) in [6, 6.07) is 29.7. The van der Waals surface area contributed by atoms with Crippen molar-refractivity contribution in [3.8, 4) is 11.1 Å². The van der Waals surface area contributed by atoms with E-state index < -0.39 is 5.66 Å². The molecule has 0 fully saturated rings. The monoisotopic (exact) mass is 490 g/mol. The molecular weight excluding hydrogens is 452 g/mol. The van der Waals surface area contributed by atoms with Crippen LogP contribution in [-0.2, 0) is 16.5 Å². The summed E-state index contributed by atoms with van der Waals surface area (Å²) in [5, 5.41) is 7.69. The number of nitrogen functional groups attached to an aromatic ring is 2. The molecule has 4 nitrogen and oxygen atoms in total. The average Bonchev–Trinajstić information content (AvgIpc) is 3.10. The summed E-state index contributed by atoms with van der Waals surface area (Å²) in [4.78, 5) is 0. The van der Waals surface area contributed by atoms with Gasteiger partial charge < -0.3 is 22.1 Å². The molecule has 0 heterocycles. The molecule has 0 atom stereocenters. The fraction of sp³-hybridized carbons (Fsp3) is 0.273. The van der Waals surface area contributed by atoms with E-state index >= 15 is 0 Å². The van der Waals surface area contributed by atoms with Gasteiger partial charge in [0.25, 0.3) is 0 Å². The largest absolute Gasteiger partial charge is 0.397 e. The Hall–Kier alpha value is -3.92. The van der Waals surface area contributed by atoms with Crippen LogP contribution in [0.1, 0.15) is 63.8 Å². The molecule has 4 aromatic carbocycles. The molecule has 190 valence electrons. The van der Waals surface area contributed by atoms with Gasteiger partial charge in [-0.1, -0.05) is 102 Å². The fourth-order valence-electron chi connectivity index (χ4n) is 5.23. The van der Waals surface area contributed by atoms with Crippen molar-refractivity contribution in [2.75, 3.05) is 22.1 Å². The van der Waals surface area contributed by atoms with E-state index in [-0.39, 0.29) is 10.8 Å². The first-order valence-electron chi connectivity index (χ1n) is 13.0. The normalized spacial score (nSPS) is 14.1. The summed E-state index contributed by atoms with van der Waals surface area (Å²) in [6.45, 7) is 13.2. The third kappa shape index (κ3) is 4.31. The van der Waals surface area contributed by atoms with Gasteiger partial charge in [0, 0.05) is 11.1 Å². The number of fused-ring (bicyclic) bond motifs is 3. The summed E-state index contributed by atoms with van der Waals surface area (Å²) in [5.74, 6) is 0. The van der Waals surface area contributed by atoms with E-state index in [0.29, 0.717) is 11.4 Å². The van der Waals surface area contributed by atoms with Crippen LogP contribution in [0.5, 0.6) is 0 Å². The quantitative estimate of drug-likeness (QED) is 0.173. The van der Waals surface area contributed by atoms with Crippen LogP contribution in [-0.4, -0.2) is 0 Å². The topological polar surface area (TPSA) is 76.1 Å². The number of nitrogens with one attached hydrogen (secondary N) is 2. The van der Waals surface area contributed by atoms with Crippen LogP contribution in [0.15, 0.2) is 84.9 Å². The van der Waals surface area contributed by atoms with Gasteiger partial charge >= 0.3 is 0 Å². The molecule has 4 aromatic rings. The first-order chi connectivity index (χ1) is 17.4. The first-order valence-corrected chi connectivity index (χ1v) is 13.0. The molecule has 0 unspecified atom stereocenters. The summed E-state index contributed by atoms with van der Waals surface area (Å²) in [5.41, 5.74) is 22.8. The summed E-state index contributed by atoms with van der Waals surface area (Å²) >= 11 is 0. The van der Waals surface area contributed by atoms with Crippen molar-refractivity contribution in [3.63, 3.8) is 0 Å². The van der Waals surface area contributed by atoms with Gasteiger partial charge in [0.1, 0.15) is 0 Å². The molecule has 5 rings (SSSR count). The lowest BCUT2D eigenvalue weighted by Gasteiger charge is -2.37. The van der Waals surface area contributed by atoms with E-state index in [1.165, 1.54) is 22.3 Å². The maximum Gasteiger partial charge on any atom is 0.162 e. The zero-order chi connectivity index (χ0) is 26.6. The lowest BCUT2D eigenvalue weighted by atomic mass is 9.86. The Morgan fingerprint density at radius 1 is 0.541 bits per heavy atom. The van der Waals surface area contributed by atoms with Gasteiger partial charge in [-0.25, -0.2) is 0 Å². The van der Waals surface area contributed by atoms with E-state index in [0.717, 1.165) is 22.5 Å². The molecule has 0 aromatic heterocycles. The van der Waals surface area contributed by atoms with Gasteiger partial charge in [0.15, 0.2) is 5.66 Å². The lowest BCUT2D eigenvalue weighted by molar-refractivity contribution is 0.590. The fourth-order valence-corrected chi connectivity index (χ4v) is 5.23. The minimum absolute atomic E-state index is 0.0123. The van der Waals surface area contributed by atoms with Gasteiger partial charge in [-0.05, 0) is 57.3 Å². The minimum Gasteiger partial charge on any atom is -0.397 e. The number of anilines is 4. The van der Waals surface area contributed by atoms with Gasteiger partial charge in [-0.15, -0.1) is 0 Å². The zero-order valence-corrected chi connectivity index (χ0v) is 22.7. The molecule has 4 heteroatoms. The second kappa shape index (κ2) is 8.58. The maximum atomic E-state index is 6.67. The SMILES string of the molecule is CC(C)(C)c1ccc(NC2(Nc3ccc(C(C)(C)C)cc3N)c3ccccc3-c3ccccc32)c(N)c1. The van der Waals surface area contributed by atoms with E-state index in [1.807, 2.05) is 0 Å². The van der Waals surface area contributed by atoms with E-state index in [9.17, 15) is 0 Å². The number of rotatable bonds is 4. The highest BCUT2D eigenvalue weighted by Crippen LogP contribution is 2.50. The molecule has 37 heavy (non-hydrogen) atoms. The van der Waals surface area contributed by atoms with E-state index in [4.69, 9.17) is 11.5 Å². The first kappa shape index (κ1) is 24.8. The Kier molecular flexibility index (Phi) is 5.74. The number of hydrogen-bond donors (Lipinski definition) is 4. The summed E-state index contributed by atoms with van der Waals surface area (Å²) in [6.07, 6.45) is 0. The zero-order valence-electron chi connectivity index (χ0n) is 22.7. The van der Waals surface area contributed by atoms with Crippen LogP contribution in [0.4, 0.5) is 22.7 Å². The van der Waals surface area contributed by atoms with Crippen LogP contribution < -0.4 is 22.1 Å². The van der Waals surface area contributed by atoms with Crippen molar-refractivity contribution in [2.24, 2.45) is 0 Å². The van der Waals surface area contributed by atoms with E-state index in [1.54, 1.807) is 0 Å². The van der Waals surface area contributed by atoms with Gasteiger partial charge in [0.2, 0.25) is 0 Å². The van der Waals surface area contributed by atoms with Crippen LogP contribution in [0.2, 0.25) is 0 Å². The Bertz CT molecular complexity index is 1360.